The van der Waals surface area contributed by atoms with Crippen molar-refractivity contribution in [1.29, 1.82) is 0 Å². The fraction of sp³-hybridized carbons (Fsp3) is 0.750. The van der Waals surface area contributed by atoms with Gasteiger partial charge in [-0.3, -0.25) is 0 Å². The summed E-state index contributed by atoms with van der Waals surface area (Å²) in [7, 11) is 0. The topological polar surface area (TPSA) is 156 Å². The molecule has 96 valence electrons. The Bertz CT molecular complexity index is 165. The summed E-state index contributed by atoms with van der Waals surface area (Å²) in [6.07, 6.45) is -5.26. The van der Waals surface area contributed by atoms with Gasteiger partial charge in [0.2, 0.25) is 0 Å². The Morgan fingerprint density at radius 1 is 0.750 bits per heavy atom. The molecule has 0 aliphatic heterocycles. The van der Waals surface area contributed by atoms with Gasteiger partial charge in [-0.05, 0) is 0 Å². The smallest absolute Gasteiger partial charge is 0.151 e. The van der Waals surface area contributed by atoms with Crippen molar-refractivity contribution < 1.29 is 40.2 Å². The van der Waals surface area contributed by atoms with Crippen molar-refractivity contribution in [3.05, 3.63) is 0 Å². The van der Waals surface area contributed by atoms with Crippen molar-refractivity contribution in [1.82, 2.24) is 0 Å². The van der Waals surface area contributed by atoms with Gasteiger partial charge in [0, 0.05) is 0 Å². The van der Waals surface area contributed by atoms with E-state index < -0.39 is 37.6 Å². The van der Waals surface area contributed by atoms with Crippen LogP contribution in [0.4, 0.5) is 0 Å². The van der Waals surface area contributed by atoms with Gasteiger partial charge < -0.3 is 40.2 Å². The Balaban J connectivity index is 0. The van der Waals surface area contributed by atoms with Crippen molar-refractivity contribution in [3.8, 4) is 0 Å². The number of aliphatic hydroxyl groups excluding tert-OH is 6. The zero-order chi connectivity index (χ0) is 13.1. The Morgan fingerprint density at radius 2 is 1.00 bits per heavy atom. The molecule has 8 nitrogen and oxygen atoms in total. The second-order valence-electron chi connectivity index (χ2n) is 2.75. The van der Waals surface area contributed by atoms with Crippen LogP contribution in [0.2, 0.25) is 0 Å². The molecule has 0 aliphatic carbocycles. The third kappa shape index (κ3) is 8.41. The molecule has 0 saturated carbocycles. The van der Waals surface area contributed by atoms with Gasteiger partial charge in [0.25, 0.3) is 0 Å². The lowest BCUT2D eigenvalue weighted by atomic mass is 10.2. The van der Waals surface area contributed by atoms with Gasteiger partial charge >= 0.3 is 0 Å². The molecule has 16 heavy (non-hydrogen) atoms. The van der Waals surface area contributed by atoms with Crippen molar-refractivity contribution in [2.75, 3.05) is 13.2 Å². The van der Waals surface area contributed by atoms with E-state index in [4.69, 9.17) is 30.6 Å². The number of aliphatic hydroxyl groups is 6. The lowest BCUT2D eigenvalue weighted by Crippen LogP contribution is -2.30. The molecule has 0 aliphatic rings. The number of hydrogen-bond acceptors (Lipinski definition) is 8. The first kappa shape index (κ1) is 17.5. The maximum Gasteiger partial charge on any atom is 0.151 e. The average molecular weight is 240 g/mol. The van der Waals surface area contributed by atoms with Gasteiger partial charge in [-0.1, -0.05) is 0 Å². The predicted molar refractivity (Wildman–Crippen MR) is 50.3 cm³/mol. The molecule has 0 heterocycles. The van der Waals surface area contributed by atoms with Gasteiger partial charge in [0.15, 0.2) is 12.6 Å². The van der Waals surface area contributed by atoms with Gasteiger partial charge in [-0.15, -0.1) is 0 Å². The summed E-state index contributed by atoms with van der Waals surface area (Å²) in [4.78, 5) is 19.2. The molecule has 0 spiro atoms. The summed E-state index contributed by atoms with van der Waals surface area (Å²) in [5.74, 6) is 0. The van der Waals surface area contributed by atoms with Gasteiger partial charge in [-0.2, -0.15) is 0 Å². The molecular weight excluding hydrogens is 224 g/mol. The molecule has 0 aromatic rings. The van der Waals surface area contributed by atoms with Crippen LogP contribution < -0.4 is 0 Å². The monoisotopic (exact) mass is 240 g/mol. The normalized spacial score (nSPS) is 17.4. The zero-order valence-electron chi connectivity index (χ0n) is 8.38. The minimum atomic E-state index is -1.46. The highest BCUT2D eigenvalue weighted by Crippen LogP contribution is 1.86. The molecule has 0 aromatic heterocycles. The van der Waals surface area contributed by atoms with Crippen molar-refractivity contribution in [3.63, 3.8) is 0 Å². The molecule has 0 amide bonds. The lowest BCUT2D eigenvalue weighted by Gasteiger charge is -2.06. The van der Waals surface area contributed by atoms with Gasteiger partial charge in [0.1, 0.15) is 24.4 Å². The predicted octanol–water partition coefficient (Wildman–Crippen LogP) is -4.20. The number of aldehydes is 2. The fourth-order valence-corrected chi connectivity index (χ4v) is 0.397. The number of carbonyl (C=O) groups is 2. The van der Waals surface area contributed by atoms with E-state index in [2.05, 4.69) is 0 Å². The van der Waals surface area contributed by atoms with Crippen LogP contribution in [0.25, 0.3) is 0 Å². The molecular formula is C8H16O8. The second-order valence-corrected chi connectivity index (χ2v) is 2.75. The summed E-state index contributed by atoms with van der Waals surface area (Å²) in [6, 6.07) is 0. The quantitative estimate of drug-likeness (QED) is 0.255. The summed E-state index contributed by atoms with van der Waals surface area (Å²) < 4.78 is 0. The standard InChI is InChI=1S/2C4H8O4/c2*5-1-3(7)4(8)2-6/h2*1,3-4,6-8H,2H2/t3-,4+;3-,4-/m01/s1. The van der Waals surface area contributed by atoms with Crippen LogP contribution in [0.3, 0.4) is 0 Å². The molecule has 0 aromatic carbocycles. The Labute approximate surface area is 91.4 Å². The SMILES string of the molecule is O=C[C@@H](O)[C@H](O)CO.O=C[C@H](O)[C@H](O)CO. The summed E-state index contributed by atoms with van der Waals surface area (Å²) in [5.41, 5.74) is 0. The first-order valence-electron chi connectivity index (χ1n) is 4.29. The van der Waals surface area contributed by atoms with E-state index in [0.29, 0.717) is 0 Å². The third-order valence-corrected chi connectivity index (χ3v) is 1.44. The molecule has 0 unspecified atom stereocenters. The molecule has 4 atom stereocenters. The van der Waals surface area contributed by atoms with Crippen LogP contribution in [0.15, 0.2) is 0 Å². The Hall–Kier alpha value is -0.900. The summed E-state index contributed by atoms with van der Waals surface area (Å²) in [5, 5.41) is 49.6. The first-order chi connectivity index (χ1) is 7.44. The first-order valence-corrected chi connectivity index (χ1v) is 4.29. The van der Waals surface area contributed by atoms with E-state index >= 15 is 0 Å². The summed E-state index contributed by atoms with van der Waals surface area (Å²) >= 11 is 0. The average Bonchev–Trinajstić information content (AvgIpc) is 2.35. The minimum absolute atomic E-state index is 0.168. The molecule has 0 rings (SSSR count). The van der Waals surface area contributed by atoms with E-state index in [1.54, 1.807) is 0 Å². The molecule has 0 fully saturated rings. The second kappa shape index (κ2) is 10.6. The van der Waals surface area contributed by atoms with E-state index in [-0.39, 0.29) is 12.6 Å². The minimum Gasteiger partial charge on any atom is -0.394 e. The third-order valence-electron chi connectivity index (χ3n) is 1.44. The van der Waals surface area contributed by atoms with Crippen LogP contribution in [0, 0.1) is 0 Å². The largest absolute Gasteiger partial charge is 0.394 e. The van der Waals surface area contributed by atoms with Crippen molar-refractivity contribution in [2.24, 2.45) is 0 Å². The number of rotatable bonds is 6. The van der Waals surface area contributed by atoms with Crippen molar-refractivity contribution >= 4 is 12.6 Å². The molecule has 0 saturated heterocycles. The highest BCUT2D eigenvalue weighted by atomic mass is 16.4. The number of hydrogen-bond donors (Lipinski definition) is 6. The molecule has 0 radical (unpaired) electrons. The molecule has 6 N–H and O–H groups in total. The summed E-state index contributed by atoms with van der Waals surface area (Å²) in [6.45, 7) is -1.19. The van der Waals surface area contributed by atoms with E-state index in [0.717, 1.165) is 0 Å². The van der Waals surface area contributed by atoms with E-state index in [9.17, 15) is 9.59 Å². The molecule has 8 heteroatoms. The van der Waals surface area contributed by atoms with Gasteiger partial charge in [-0.25, -0.2) is 0 Å². The van der Waals surface area contributed by atoms with Gasteiger partial charge in [0.05, 0.1) is 13.2 Å². The highest BCUT2D eigenvalue weighted by molar-refractivity contribution is 5.56. The van der Waals surface area contributed by atoms with Crippen LogP contribution >= 0.6 is 0 Å². The number of carbonyl (C=O) groups excluding carboxylic acids is 2. The fourth-order valence-electron chi connectivity index (χ4n) is 0.397. The van der Waals surface area contributed by atoms with Crippen LogP contribution in [0.5, 0.6) is 0 Å². The maximum absolute atomic E-state index is 9.58. The zero-order valence-corrected chi connectivity index (χ0v) is 8.38. The highest BCUT2D eigenvalue weighted by Gasteiger charge is 2.12. The Morgan fingerprint density at radius 3 is 1.06 bits per heavy atom. The van der Waals surface area contributed by atoms with Crippen molar-refractivity contribution in [2.45, 2.75) is 24.4 Å². The molecule has 0 bridgehead atoms. The van der Waals surface area contributed by atoms with Crippen LogP contribution in [-0.4, -0.2) is 80.8 Å². The Kier molecular flexibility index (Phi) is 11.6. The van der Waals surface area contributed by atoms with E-state index in [1.165, 1.54) is 0 Å². The van der Waals surface area contributed by atoms with E-state index in [1.807, 2.05) is 0 Å². The lowest BCUT2D eigenvalue weighted by molar-refractivity contribution is -0.122. The maximum atomic E-state index is 9.58. The van der Waals surface area contributed by atoms with Crippen LogP contribution in [-0.2, 0) is 9.59 Å². The van der Waals surface area contributed by atoms with Crippen LogP contribution in [0.1, 0.15) is 0 Å².